The molecule has 1 aliphatic rings. The third kappa shape index (κ3) is 9.70. The van der Waals surface area contributed by atoms with Gasteiger partial charge in [0.1, 0.15) is 0 Å². The van der Waals surface area contributed by atoms with Crippen LogP contribution in [0.3, 0.4) is 0 Å². The van der Waals surface area contributed by atoms with Gasteiger partial charge in [-0.25, -0.2) is 4.99 Å². The second kappa shape index (κ2) is 14.0. The molecule has 0 aliphatic carbocycles. The van der Waals surface area contributed by atoms with Gasteiger partial charge in [0.25, 0.3) is 5.91 Å². The van der Waals surface area contributed by atoms with Crippen LogP contribution >= 0.6 is 0 Å². The smallest absolute Gasteiger partial charge is 0.251 e. The van der Waals surface area contributed by atoms with E-state index in [1.165, 1.54) is 0 Å². The maximum atomic E-state index is 12.5. The first-order valence-electron chi connectivity index (χ1n) is 11.6. The van der Waals surface area contributed by atoms with E-state index >= 15 is 0 Å². The fourth-order valence-electron chi connectivity index (χ4n) is 3.83. The molecule has 0 aromatic heterocycles. The van der Waals surface area contributed by atoms with Gasteiger partial charge in [-0.05, 0) is 62.1 Å². The molecule has 1 amide bonds. The maximum Gasteiger partial charge on any atom is 0.251 e. The zero-order chi connectivity index (χ0) is 22.5. The van der Waals surface area contributed by atoms with Gasteiger partial charge in [0.15, 0.2) is 5.96 Å². The highest BCUT2D eigenvalue weighted by molar-refractivity contribution is 5.94. The van der Waals surface area contributed by atoms with Crippen LogP contribution in [0, 0.1) is 11.8 Å². The van der Waals surface area contributed by atoms with Gasteiger partial charge in [-0.2, -0.15) is 0 Å². The number of aliphatic hydroxyl groups is 1. The fourth-order valence-corrected chi connectivity index (χ4v) is 3.83. The van der Waals surface area contributed by atoms with Crippen molar-refractivity contribution in [2.75, 3.05) is 32.8 Å². The SMILES string of the molecule is CCNC(=NCc1cccc(C(=O)NCC2CCCO2)c1)NCC(CCO)CC(C)C. The molecule has 0 saturated carbocycles. The molecule has 7 heteroatoms. The molecule has 2 atom stereocenters. The second-order valence-electron chi connectivity index (χ2n) is 8.63. The van der Waals surface area contributed by atoms with E-state index < -0.39 is 0 Å². The lowest BCUT2D eigenvalue weighted by Gasteiger charge is -2.20. The number of nitrogens with zero attached hydrogens (tertiary/aromatic N) is 1. The van der Waals surface area contributed by atoms with Crippen LogP contribution in [0.25, 0.3) is 0 Å². The zero-order valence-corrected chi connectivity index (χ0v) is 19.3. The van der Waals surface area contributed by atoms with E-state index in [0.717, 1.165) is 56.9 Å². The summed E-state index contributed by atoms with van der Waals surface area (Å²) in [6.45, 7) is 10.0. The minimum atomic E-state index is -0.0770. The second-order valence-corrected chi connectivity index (χ2v) is 8.63. The molecule has 1 aromatic carbocycles. The molecule has 1 aliphatic heterocycles. The number of amides is 1. The van der Waals surface area contributed by atoms with Crippen LogP contribution in [0.2, 0.25) is 0 Å². The highest BCUT2D eigenvalue weighted by Crippen LogP contribution is 2.14. The molecular weight excluding hydrogens is 392 g/mol. The number of aliphatic imine (C=N–C) groups is 1. The summed E-state index contributed by atoms with van der Waals surface area (Å²) in [5.41, 5.74) is 1.62. The summed E-state index contributed by atoms with van der Waals surface area (Å²) in [7, 11) is 0. The lowest BCUT2D eigenvalue weighted by molar-refractivity contribution is 0.0857. The first-order chi connectivity index (χ1) is 15.0. The molecule has 2 unspecified atom stereocenters. The Bertz CT molecular complexity index is 687. The molecule has 0 radical (unpaired) electrons. The van der Waals surface area contributed by atoms with E-state index in [0.29, 0.717) is 30.5 Å². The first kappa shape index (κ1) is 25.1. The number of benzene rings is 1. The Hall–Kier alpha value is -2.12. The van der Waals surface area contributed by atoms with E-state index in [9.17, 15) is 9.90 Å². The number of hydrogen-bond donors (Lipinski definition) is 4. The summed E-state index contributed by atoms with van der Waals surface area (Å²) in [6, 6.07) is 7.60. The fraction of sp³-hybridized carbons (Fsp3) is 0.667. The van der Waals surface area contributed by atoms with Crippen molar-refractivity contribution < 1.29 is 14.6 Å². The number of hydrogen-bond acceptors (Lipinski definition) is 4. The van der Waals surface area contributed by atoms with Crippen molar-refractivity contribution in [1.82, 2.24) is 16.0 Å². The Morgan fingerprint density at radius 3 is 2.81 bits per heavy atom. The summed E-state index contributed by atoms with van der Waals surface area (Å²) in [5.74, 6) is 1.67. The number of guanidine groups is 1. The van der Waals surface area contributed by atoms with Crippen molar-refractivity contribution in [2.24, 2.45) is 16.8 Å². The van der Waals surface area contributed by atoms with Gasteiger partial charge < -0.3 is 25.8 Å². The molecule has 174 valence electrons. The zero-order valence-electron chi connectivity index (χ0n) is 19.3. The summed E-state index contributed by atoms with van der Waals surface area (Å²) < 4.78 is 5.57. The minimum absolute atomic E-state index is 0.0770. The van der Waals surface area contributed by atoms with E-state index in [2.05, 4.69) is 34.8 Å². The van der Waals surface area contributed by atoms with Gasteiger partial charge in [0, 0.05) is 38.4 Å². The van der Waals surface area contributed by atoms with Crippen molar-refractivity contribution in [3.8, 4) is 0 Å². The average molecular weight is 433 g/mol. The van der Waals surface area contributed by atoms with Crippen molar-refractivity contribution in [2.45, 2.75) is 59.1 Å². The van der Waals surface area contributed by atoms with Gasteiger partial charge >= 0.3 is 0 Å². The van der Waals surface area contributed by atoms with Gasteiger partial charge in [0.05, 0.1) is 12.6 Å². The van der Waals surface area contributed by atoms with Gasteiger partial charge in [-0.1, -0.05) is 26.0 Å². The van der Waals surface area contributed by atoms with Crippen LogP contribution in [-0.2, 0) is 11.3 Å². The number of carbonyl (C=O) groups excluding carboxylic acids is 1. The standard InChI is InChI=1S/C24H40N4O3/c1-4-25-24(28-16-20(10-11-29)13-18(2)3)27-15-19-7-5-8-21(14-19)23(30)26-17-22-9-6-12-31-22/h5,7-8,14,18,20,22,29H,4,6,9-13,15-17H2,1-3H3,(H,26,30)(H2,25,27,28). The Morgan fingerprint density at radius 1 is 1.29 bits per heavy atom. The number of carbonyl (C=O) groups is 1. The van der Waals surface area contributed by atoms with E-state index in [1.807, 2.05) is 31.2 Å². The number of aliphatic hydroxyl groups excluding tert-OH is 1. The Kier molecular flexibility index (Phi) is 11.4. The van der Waals surface area contributed by atoms with Crippen molar-refractivity contribution >= 4 is 11.9 Å². The predicted octanol–water partition coefficient (Wildman–Crippen LogP) is 2.70. The van der Waals surface area contributed by atoms with Crippen molar-refractivity contribution in [3.05, 3.63) is 35.4 Å². The molecule has 7 nitrogen and oxygen atoms in total. The summed E-state index contributed by atoms with van der Waals surface area (Å²) >= 11 is 0. The largest absolute Gasteiger partial charge is 0.396 e. The molecule has 4 N–H and O–H groups in total. The van der Waals surface area contributed by atoms with Gasteiger partial charge in [0.2, 0.25) is 0 Å². The van der Waals surface area contributed by atoms with Crippen LogP contribution in [0.15, 0.2) is 29.3 Å². The molecule has 1 aromatic rings. The molecular formula is C24H40N4O3. The van der Waals surface area contributed by atoms with Gasteiger partial charge in [-0.15, -0.1) is 0 Å². The number of nitrogens with one attached hydrogen (secondary N) is 3. The molecule has 31 heavy (non-hydrogen) atoms. The minimum Gasteiger partial charge on any atom is -0.396 e. The Balaban J connectivity index is 1.91. The third-order valence-electron chi connectivity index (χ3n) is 5.37. The average Bonchev–Trinajstić information content (AvgIpc) is 3.27. The van der Waals surface area contributed by atoms with Crippen LogP contribution in [0.5, 0.6) is 0 Å². The Morgan fingerprint density at radius 2 is 2.13 bits per heavy atom. The van der Waals surface area contributed by atoms with Crippen LogP contribution in [-0.4, -0.2) is 55.9 Å². The van der Waals surface area contributed by atoms with E-state index in [1.54, 1.807) is 0 Å². The Labute approximate surface area is 187 Å². The molecule has 1 fully saturated rings. The topological polar surface area (TPSA) is 95.0 Å². The molecule has 1 heterocycles. The lowest BCUT2D eigenvalue weighted by Crippen LogP contribution is -2.40. The lowest BCUT2D eigenvalue weighted by atomic mass is 9.94. The third-order valence-corrected chi connectivity index (χ3v) is 5.37. The maximum absolute atomic E-state index is 12.5. The summed E-state index contributed by atoms with van der Waals surface area (Å²) in [4.78, 5) is 17.2. The molecule has 1 saturated heterocycles. The number of rotatable bonds is 12. The van der Waals surface area contributed by atoms with E-state index in [4.69, 9.17) is 4.74 Å². The number of ether oxygens (including phenoxy) is 1. The van der Waals surface area contributed by atoms with Crippen molar-refractivity contribution in [3.63, 3.8) is 0 Å². The van der Waals surface area contributed by atoms with Crippen LogP contribution in [0.4, 0.5) is 0 Å². The normalized spacial score (nSPS) is 17.6. The van der Waals surface area contributed by atoms with Crippen LogP contribution in [0.1, 0.15) is 62.4 Å². The molecule has 0 spiro atoms. The molecule has 2 rings (SSSR count). The molecule has 0 bridgehead atoms. The quantitative estimate of drug-likeness (QED) is 0.301. The van der Waals surface area contributed by atoms with Crippen LogP contribution < -0.4 is 16.0 Å². The summed E-state index contributed by atoms with van der Waals surface area (Å²) in [5, 5.41) is 19.0. The first-order valence-corrected chi connectivity index (χ1v) is 11.6. The highest BCUT2D eigenvalue weighted by Gasteiger charge is 2.17. The van der Waals surface area contributed by atoms with E-state index in [-0.39, 0.29) is 18.6 Å². The highest BCUT2D eigenvalue weighted by atomic mass is 16.5. The van der Waals surface area contributed by atoms with Gasteiger partial charge in [-0.3, -0.25) is 4.79 Å². The predicted molar refractivity (Wildman–Crippen MR) is 125 cm³/mol. The summed E-state index contributed by atoms with van der Waals surface area (Å²) in [6.07, 6.45) is 4.06. The monoisotopic (exact) mass is 432 g/mol. The van der Waals surface area contributed by atoms with Crippen molar-refractivity contribution in [1.29, 1.82) is 0 Å².